The highest BCUT2D eigenvalue weighted by Crippen LogP contribution is 2.38. The first-order valence-electron chi connectivity index (χ1n) is 12.3. The van der Waals surface area contributed by atoms with Gasteiger partial charge in [0.25, 0.3) is 0 Å². The number of methoxy groups -OCH3 is 1. The van der Waals surface area contributed by atoms with E-state index in [1.165, 1.54) is 6.20 Å². The smallest absolute Gasteiger partial charge is 0.141 e. The number of fused-ring (bicyclic) bond motifs is 1. The summed E-state index contributed by atoms with van der Waals surface area (Å²) in [5, 5.41) is 13.7. The Balaban J connectivity index is 1.29. The van der Waals surface area contributed by atoms with E-state index < -0.39 is 0 Å². The van der Waals surface area contributed by atoms with Crippen molar-refractivity contribution in [2.24, 2.45) is 0 Å². The molecule has 1 fully saturated rings. The van der Waals surface area contributed by atoms with Gasteiger partial charge in [-0.15, -0.1) is 0 Å². The number of nitrogens with zero attached hydrogens (tertiary/aromatic N) is 7. The van der Waals surface area contributed by atoms with Crippen molar-refractivity contribution in [3.05, 3.63) is 83.0 Å². The van der Waals surface area contributed by atoms with Gasteiger partial charge in [-0.25, -0.2) is 14.4 Å². The highest BCUT2D eigenvalue weighted by atomic mass is 19.1. The summed E-state index contributed by atoms with van der Waals surface area (Å²) in [5.41, 5.74) is 4.27. The Morgan fingerprint density at radius 1 is 1.11 bits per heavy atom. The van der Waals surface area contributed by atoms with Crippen LogP contribution in [-0.2, 0) is 16.0 Å². The number of aromatic nitrogens is 2. The summed E-state index contributed by atoms with van der Waals surface area (Å²) >= 11 is 0. The summed E-state index contributed by atoms with van der Waals surface area (Å²) in [6.07, 6.45) is 8.68. The first-order chi connectivity index (χ1) is 18.1. The molecule has 0 aromatic carbocycles. The highest BCUT2D eigenvalue weighted by molar-refractivity contribution is 5.83. The van der Waals surface area contributed by atoms with Crippen LogP contribution in [-0.4, -0.2) is 85.0 Å². The zero-order chi connectivity index (χ0) is 25.8. The van der Waals surface area contributed by atoms with Gasteiger partial charge in [0.05, 0.1) is 42.9 Å². The molecule has 0 saturated carbocycles. The molecular weight excluding hydrogens is 473 g/mol. The second-order valence-electron chi connectivity index (χ2n) is 9.21. The average molecular weight is 504 g/mol. The van der Waals surface area contributed by atoms with E-state index in [2.05, 4.69) is 26.9 Å². The van der Waals surface area contributed by atoms with Crippen molar-refractivity contribution in [1.82, 2.24) is 24.9 Å². The summed E-state index contributed by atoms with van der Waals surface area (Å²) < 4.78 is 24.5. The van der Waals surface area contributed by atoms with Gasteiger partial charge in [0, 0.05) is 70.4 Å². The average Bonchev–Trinajstić information content (AvgIpc) is 3.24. The molecule has 10 heteroatoms. The summed E-state index contributed by atoms with van der Waals surface area (Å²) in [6.45, 7) is 5.53. The van der Waals surface area contributed by atoms with E-state index in [0.29, 0.717) is 37.6 Å². The van der Waals surface area contributed by atoms with E-state index >= 15 is 0 Å². The second kappa shape index (κ2) is 11.1. The number of piperazine rings is 1. The van der Waals surface area contributed by atoms with Crippen LogP contribution in [0.15, 0.2) is 66.1 Å². The predicted octanol–water partition coefficient (Wildman–Crippen LogP) is 2.78. The number of nitriles is 1. The Morgan fingerprint density at radius 2 is 1.95 bits per heavy atom. The zero-order valence-corrected chi connectivity index (χ0v) is 21.1. The second-order valence-corrected chi connectivity index (χ2v) is 9.21. The van der Waals surface area contributed by atoms with Gasteiger partial charge in [0.2, 0.25) is 0 Å². The van der Waals surface area contributed by atoms with Crippen LogP contribution in [0.5, 0.6) is 0 Å². The molecule has 2 aromatic heterocycles. The molecule has 0 N–H and O–H groups in total. The Hall–Kier alpha value is -3.78. The topological polar surface area (TPSA) is 81.0 Å². The van der Waals surface area contributed by atoms with Crippen LogP contribution in [0.1, 0.15) is 11.1 Å². The van der Waals surface area contributed by atoms with Gasteiger partial charge in [0.15, 0.2) is 0 Å². The summed E-state index contributed by atoms with van der Waals surface area (Å²) in [4.78, 5) is 13.3. The molecule has 2 aromatic rings. The maximum atomic E-state index is 13.5. The lowest BCUT2D eigenvalue weighted by atomic mass is 9.98. The molecule has 37 heavy (non-hydrogen) atoms. The lowest BCUT2D eigenvalue weighted by molar-refractivity contribution is 0.0963. The Labute approximate surface area is 216 Å². The third-order valence-electron chi connectivity index (χ3n) is 6.67. The molecule has 5 heterocycles. The fourth-order valence-corrected chi connectivity index (χ4v) is 4.80. The molecule has 3 aliphatic heterocycles. The number of allylic oxidation sites excluding steroid dienone is 2. The SMILES string of the molecule is COCCOC1=CN2C(=C(C#N)CN2C)C(c2ccc(N3CCN(Cc4cncc(F)c4)CC3)nc2)=C1. The molecule has 5 rings (SSSR count). The number of halogens is 1. The molecule has 1 saturated heterocycles. The molecule has 0 radical (unpaired) electrons. The van der Waals surface area contributed by atoms with Crippen LogP contribution in [0.2, 0.25) is 0 Å². The molecule has 0 aliphatic carbocycles. The first kappa shape index (κ1) is 24.9. The third-order valence-corrected chi connectivity index (χ3v) is 6.67. The van der Waals surface area contributed by atoms with Crippen molar-refractivity contribution < 1.29 is 13.9 Å². The molecule has 0 amide bonds. The van der Waals surface area contributed by atoms with Gasteiger partial charge in [-0.3, -0.25) is 14.9 Å². The van der Waals surface area contributed by atoms with Crippen molar-refractivity contribution in [2.45, 2.75) is 6.54 Å². The van der Waals surface area contributed by atoms with Crippen molar-refractivity contribution in [3.63, 3.8) is 0 Å². The van der Waals surface area contributed by atoms with E-state index in [-0.39, 0.29) is 5.82 Å². The van der Waals surface area contributed by atoms with Gasteiger partial charge in [-0.05, 0) is 29.8 Å². The van der Waals surface area contributed by atoms with E-state index in [4.69, 9.17) is 14.5 Å². The zero-order valence-electron chi connectivity index (χ0n) is 21.1. The van der Waals surface area contributed by atoms with Gasteiger partial charge in [0.1, 0.15) is 24.0 Å². The number of rotatable bonds is 8. The summed E-state index contributed by atoms with van der Waals surface area (Å²) in [6, 6.07) is 7.98. The van der Waals surface area contributed by atoms with E-state index in [1.807, 2.05) is 41.6 Å². The minimum Gasteiger partial charge on any atom is -0.490 e. The van der Waals surface area contributed by atoms with Crippen molar-refractivity contribution >= 4 is 11.4 Å². The van der Waals surface area contributed by atoms with Crippen LogP contribution >= 0.6 is 0 Å². The van der Waals surface area contributed by atoms with Gasteiger partial charge in [-0.1, -0.05) is 0 Å². The largest absolute Gasteiger partial charge is 0.490 e. The Bertz CT molecular complexity index is 1260. The molecule has 0 spiro atoms. The van der Waals surface area contributed by atoms with Crippen LogP contribution < -0.4 is 4.90 Å². The first-order valence-corrected chi connectivity index (χ1v) is 12.3. The number of likely N-dealkylation sites (N-methyl/N-ethyl adjacent to an activating group) is 1. The fourth-order valence-electron chi connectivity index (χ4n) is 4.80. The fraction of sp³-hybridized carbons (Fsp3) is 0.370. The quantitative estimate of drug-likeness (QED) is 0.505. The number of pyridine rings is 2. The van der Waals surface area contributed by atoms with E-state index in [1.54, 1.807) is 19.4 Å². The molecule has 9 nitrogen and oxygen atoms in total. The molecular formula is C27H30FN7O2. The molecule has 0 unspecified atom stereocenters. The summed E-state index contributed by atoms with van der Waals surface area (Å²) in [7, 11) is 3.59. The van der Waals surface area contributed by atoms with Crippen LogP contribution in [0, 0.1) is 17.1 Å². The van der Waals surface area contributed by atoms with Crippen molar-refractivity contribution in [3.8, 4) is 6.07 Å². The minimum atomic E-state index is -0.303. The maximum Gasteiger partial charge on any atom is 0.141 e. The number of hydrazine groups is 1. The summed E-state index contributed by atoms with van der Waals surface area (Å²) in [5.74, 6) is 1.31. The Kier molecular flexibility index (Phi) is 7.46. The minimum absolute atomic E-state index is 0.303. The number of hydrogen-bond acceptors (Lipinski definition) is 9. The van der Waals surface area contributed by atoms with Gasteiger partial charge < -0.3 is 14.4 Å². The standard InChI is InChI=1S/C27H30FN7O2/c1-32-18-22(13-29)27-25(12-24(19-35(27)32)37-10-9-36-2)21-3-4-26(31-15-21)34-7-5-33(6-8-34)17-20-11-23(28)16-30-14-20/h3-4,11-12,14-16,19H,5-10,17-18H2,1-2H3. The van der Waals surface area contributed by atoms with Gasteiger partial charge in [-0.2, -0.15) is 5.26 Å². The number of hydrogen-bond donors (Lipinski definition) is 0. The normalized spacial score (nSPS) is 18.4. The molecule has 0 bridgehead atoms. The lowest BCUT2D eigenvalue weighted by Gasteiger charge is -2.35. The number of ether oxygens (including phenoxy) is 2. The van der Waals surface area contributed by atoms with Gasteiger partial charge >= 0.3 is 0 Å². The van der Waals surface area contributed by atoms with Crippen molar-refractivity contribution in [2.75, 3.05) is 65.0 Å². The number of anilines is 1. The molecule has 3 aliphatic rings. The van der Waals surface area contributed by atoms with Crippen LogP contribution in [0.3, 0.4) is 0 Å². The predicted molar refractivity (Wildman–Crippen MR) is 137 cm³/mol. The monoisotopic (exact) mass is 503 g/mol. The van der Waals surface area contributed by atoms with E-state index in [0.717, 1.165) is 54.4 Å². The maximum absolute atomic E-state index is 13.5. The third kappa shape index (κ3) is 5.49. The Morgan fingerprint density at radius 3 is 2.65 bits per heavy atom. The van der Waals surface area contributed by atoms with E-state index in [9.17, 15) is 9.65 Å². The van der Waals surface area contributed by atoms with Crippen LogP contribution in [0.25, 0.3) is 5.57 Å². The van der Waals surface area contributed by atoms with Crippen LogP contribution in [0.4, 0.5) is 10.2 Å². The highest BCUT2D eigenvalue weighted by Gasteiger charge is 2.33. The molecule has 192 valence electrons. The lowest BCUT2D eigenvalue weighted by Crippen LogP contribution is -2.46. The molecule has 0 atom stereocenters. The van der Waals surface area contributed by atoms with Crippen molar-refractivity contribution in [1.29, 1.82) is 5.26 Å².